The molecule has 2 nitrogen and oxygen atoms in total. The van der Waals surface area contributed by atoms with Gasteiger partial charge in [-0.25, -0.2) is 4.98 Å². The van der Waals surface area contributed by atoms with Crippen LogP contribution in [-0.2, 0) is 0 Å². The Morgan fingerprint density at radius 1 is 1.62 bits per heavy atom. The van der Waals surface area contributed by atoms with Crippen molar-refractivity contribution in [2.24, 2.45) is 0 Å². The summed E-state index contributed by atoms with van der Waals surface area (Å²) in [6.45, 7) is 1.44. The number of imidazole rings is 1. The normalized spacial score (nSPS) is 10.1. The van der Waals surface area contributed by atoms with E-state index in [0.29, 0.717) is 12.2 Å². The molecule has 1 rings (SSSR count). The van der Waals surface area contributed by atoms with E-state index in [9.17, 15) is 8.78 Å². The molecule has 0 aliphatic rings. The molecule has 0 saturated carbocycles. The highest BCUT2D eigenvalue weighted by molar-refractivity contribution is 7.99. The summed E-state index contributed by atoms with van der Waals surface area (Å²) in [5, 5.41) is 0.770. The Morgan fingerprint density at radius 3 is 2.92 bits per heavy atom. The number of H-pyrrole nitrogens is 1. The minimum absolute atomic E-state index is 0.152. The highest BCUT2D eigenvalue weighted by Crippen LogP contribution is 2.18. The van der Waals surface area contributed by atoms with Crippen LogP contribution in [0.15, 0.2) is 29.2 Å². The van der Waals surface area contributed by atoms with Gasteiger partial charge in [-0.05, 0) is 18.9 Å². The molecule has 0 atom stereocenters. The van der Waals surface area contributed by atoms with Crippen LogP contribution in [0.25, 0.3) is 0 Å². The molecule has 0 aromatic carbocycles. The van der Waals surface area contributed by atoms with Gasteiger partial charge in [0.15, 0.2) is 5.16 Å². The number of aromatic amines is 1. The van der Waals surface area contributed by atoms with Crippen molar-refractivity contribution in [1.29, 1.82) is 0 Å². The number of hydrogen-bond acceptors (Lipinski definition) is 2. The number of nitrogens with zero attached hydrogens (tertiary/aromatic N) is 1. The number of thioether (sulfide) groups is 1. The molecule has 0 unspecified atom stereocenters. The predicted octanol–water partition coefficient (Wildman–Crippen LogP) is 3.06. The third-order valence-corrected chi connectivity index (χ3v) is 2.42. The molecule has 0 bridgehead atoms. The van der Waals surface area contributed by atoms with Gasteiger partial charge in [-0.3, -0.25) is 0 Å². The first-order valence-electron chi connectivity index (χ1n) is 3.83. The largest absolute Gasteiger partial charge is 0.340 e. The van der Waals surface area contributed by atoms with Crippen LogP contribution < -0.4 is 0 Å². The number of rotatable bonds is 4. The molecule has 0 saturated heterocycles. The Kier molecular flexibility index (Phi) is 3.95. The van der Waals surface area contributed by atoms with Gasteiger partial charge in [0.1, 0.15) is 0 Å². The molecule has 13 heavy (non-hydrogen) atoms. The maximum atomic E-state index is 11.9. The molecule has 0 spiro atoms. The van der Waals surface area contributed by atoms with E-state index >= 15 is 0 Å². The second-order valence-corrected chi connectivity index (χ2v) is 3.62. The van der Waals surface area contributed by atoms with Gasteiger partial charge < -0.3 is 4.98 Å². The van der Waals surface area contributed by atoms with Gasteiger partial charge >= 0.3 is 0 Å². The molecule has 0 fully saturated rings. The Morgan fingerprint density at radius 2 is 2.38 bits per heavy atom. The summed E-state index contributed by atoms with van der Waals surface area (Å²) in [4.78, 5) is 6.85. The predicted molar refractivity (Wildman–Crippen MR) is 48.8 cm³/mol. The molecular weight excluding hydrogens is 194 g/mol. The second-order valence-electron chi connectivity index (χ2n) is 2.53. The number of aromatic nitrogens is 2. The summed E-state index contributed by atoms with van der Waals surface area (Å²) in [7, 11) is 0. The van der Waals surface area contributed by atoms with E-state index in [2.05, 4.69) is 9.97 Å². The van der Waals surface area contributed by atoms with Crippen LogP contribution in [-0.4, -0.2) is 15.7 Å². The molecule has 1 aromatic rings. The summed E-state index contributed by atoms with van der Waals surface area (Å²) < 4.78 is 23.9. The van der Waals surface area contributed by atoms with Gasteiger partial charge in [0.25, 0.3) is 6.08 Å². The standard InChI is InChI=1S/C8H10F2N2S/c1-6(7(9)10)2-5-13-8-11-3-4-12-8/h3-4H,2,5H2,1H3,(H,11,12). The molecule has 0 amide bonds. The summed E-state index contributed by atoms with van der Waals surface area (Å²) in [6, 6.07) is 0. The Bertz CT molecular complexity index is 278. The van der Waals surface area contributed by atoms with Gasteiger partial charge in [-0.1, -0.05) is 11.8 Å². The zero-order valence-electron chi connectivity index (χ0n) is 7.18. The summed E-state index contributed by atoms with van der Waals surface area (Å²) in [6.07, 6.45) is 2.18. The lowest BCUT2D eigenvalue weighted by Gasteiger charge is -1.97. The van der Waals surface area contributed by atoms with E-state index in [1.807, 2.05) is 0 Å². The number of allylic oxidation sites excluding steroid dienone is 1. The summed E-state index contributed by atoms with van der Waals surface area (Å²) in [5.41, 5.74) is 0.152. The van der Waals surface area contributed by atoms with Crippen molar-refractivity contribution in [2.45, 2.75) is 18.5 Å². The molecule has 1 N–H and O–H groups in total. The Hall–Kier alpha value is -0.840. The zero-order valence-corrected chi connectivity index (χ0v) is 8.00. The number of halogens is 2. The van der Waals surface area contributed by atoms with E-state index < -0.39 is 6.08 Å². The van der Waals surface area contributed by atoms with Crippen LogP contribution in [0.4, 0.5) is 8.78 Å². The second kappa shape index (κ2) is 5.01. The van der Waals surface area contributed by atoms with Crippen molar-refractivity contribution in [3.05, 3.63) is 24.0 Å². The van der Waals surface area contributed by atoms with Gasteiger partial charge in [-0.15, -0.1) is 0 Å². The lowest BCUT2D eigenvalue weighted by atomic mass is 10.3. The highest BCUT2D eigenvalue weighted by atomic mass is 32.2. The minimum Gasteiger partial charge on any atom is -0.340 e. The molecule has 72 valence electrons. The molecule has 0 aliphatic carbocycles. The van der Waals surface area contributed by atoms with Crippen molar-refractivity contribution in [3.8, 4) is 0 Å². The van der Waals surface area contributed by atoms with Gasteiger partial charge in [0.05, 0.1) is 0 Å². The fraction of sp³-hybridized carbons (Fsp3) is 0.375. The fourth-order valence-corrected chi connectivity index (χ4v) is 1.61. The van der Waals surface area contributed by atoms with E-state index in [1.54, 1.807) is 12.4 Å². The molecule has 1 heterocycles. The minimum atomic E-state index is -1.57. The van der Waals surface area contributed by atoms with E-state index in [-0.39, 0.29) is 5.57 Å². The van der Waals surface area contributed by atoms with Crippen molar-refractivity contribution < 1.29 is 8.78 Å². The molecule has 1 aromatic heterocycles. The summed E-state index contributed by atoms with van der Waals surface area (Å²) >= 11 is 1.44. The highest BCUT2D eigenvalue weighted by Gasteiger charge is 2.01. The van der Waals surface area contributed by atoms with Crippen molar-refractivity contribution in [1.82, 2.24) is 9.97 Å². The van der Waals surface area contributed by atoms with E-state index in [1.165, 1.54) is 18.7 Å². The third-order valence-electron chi connectivity index (χ3n) is 1.51. The topological polar surface area (TPSA) is 28.7 Å². The molecule has 0 radical (unpaired) electrons. The van der Waals surface area contributed by atoms with Crippen molar-refractivity contribution >= 4 is 11.8 Å². The fourth-order valence-electron chi connectivity index (χ4n) is 0.725. The van der Waals surface area contributed by atoms with Crippen LogP contribution in [0, 0.1) is 0 Å². The van der Waals surface area contributed by atoms with E-state index in [4.69, 9.17) is 0 Å². The van der Waals surface area contributed by atoms with Crippen molar-refractivity contribution in [2.75, 3.05) is 5.75 Å². The smallest absolute Gasteiger partial charge is 0.269 e. The first-order valence-corrected chi connectivity index (χ1v) is 4.81. The van der Waals surface area contributed by atoms with E-state index in [0.717, 1.165) is 5.16 Å². The summed E-state index contributed by atoms with van der Waals surface area (Å²) in [5.74, 6) is 0.622. The van der Waals surface area contributed by atoms with Crippen LogP contribution in [0.5, 0.6) is 0 Å². The third kappa shape index (κ3) is 3.59. The van der Waals surface area contributed by atoms with Gasteiger partial charge in [-0.2, -0.15) is 8.78 Å². The average Bonchev–Trinajstić information content (AvgIpc) is 2.56. The lowest BCUT2D eigenvalue weighted by molar-refractivity contribution is 0.409. The van der Waals surface area contributed by atoms with Crippen LogP contribution in [0.3, 0.4) is 0 Å². The lowest BCUT2D eigenvalue weighted by Crippen LogP contribution is -1.84. The van der Waals surface area contributed by atoms with Crippen LogP contribution in [0.1, 0.15) is 13.3 Å². The maximum Gasteiger partial charge on any atom is 0.269 e. The van der Waals surface area contributed by atoms with Crippen molar-refractivity contribution in [3.63, 3.8) is 0 Å². The van der Waals surface area contributed by atoms with Gasteiger partial charge in [0, 0.05) is 18.1 Å². The monoisotopic (exact) mass is 204 g/mol. The SMILES string of the molecule is CC(CCSc1ncc[nH]1)=C(F)F. The Labute approximate surface area is 79.4 Å². The van der Waals surface area contributed by atoms with Crippen LogP contribution >= 0.6 is 11.8 Å². The zero-order chi connectivity index (χ0) is 9.68. The molecule has 0 aliphatic heterocycles. The first-order chi connectivity index (χ1) is 6.20. The van der Waals surface area contributed by atoms with Crippen LogP contribution in [0.2, 0.25) is 0 Å². The molecule has 5 heteroatoms. The number of hydrogen-bond donors (Lipinski definition) is 1. The maximum absolute atomic E-state index is 11.9. The van der Waals surface area contributed by atoms with Gasteiger partial charge in [0.2, 0.25) is 0 Å². The average molecular weight is 204 g/mol. The number of nitrogens with one attached hydrogen (secondary N) is 1. The molecular formula is C8H10F2N2S. The first kappa shape index (κ1) is 10.2. The Balaban J connectivity index is 2.26. The quantitative estimate of drug-likeness (QED) is 0.763.